The number of nitrogens with one attached hydrogen (secondary N) is 2. The van der Waals surface area contributed by atoms with Crippen LogP contribution in [0.15, 0.2) is 53.6 Å². The van der Waals surface area contributed by atoms with Crippen LogP contribution in [-0.2, 0) is 4.79 Å². The molecule has 0 spiro atoms. The zero-order valence-electron chi connectivity index (χ0n) is 13.0. The maximum atomic E-state index is 13.6. The summed E-state index contributed by atoms with van der Waals surface area (Å²) in [6, 6.07) is 13.5. The summed E-state index contributed by atoms with van der Waals surface area (Å²) in [6.45, 7) is 1.68. The molecule has 0 aliphatic rings. The van der Waals surface area contributed by atoms with E-state index in [0.717, 1.165) is 5.69 Å². The van der Waals surface area contributed by atoms with Gasteiger partial charge in [-0.05, 0) is 25.1 Å². The van der Waals surface area contributed by atoms with E-state index in [1.807, 2.05) is 18.2 Å². The molecule has 0 unspecified atom stereocenters. The van der Waals surface area contributed by atoms with Crippen LogP contribution in [0.5, 0.6) is 5.75 Å². The lowest BCUT2D eigenvalue weighted by molar-refractivity contribution is -0.119. The number of ether oxygens (including phenoxy) is 1. The van der Waals surface area contributed by atoms with E-state index < -0.39 is 0 Å². The molecule has 0 fully saturated rings. The third-order valence-corrected chi connectivity index (χ3v) is 3.13. The highest BCUT2D eigenvalue weighted by Gasteiger charge is 2.05. The van der Waals surface area contributed by atoms with Gasteiger partial charge in [-0.25, -0.2) is 9.82 Å². The van der Waals surface area contributed by atoms with Crippen molar-refractivity contribution < 1.29 is 13.9 Å². The fraction of sp³-hybridized carbons (Fsp3) is 0.176. The van der Waals surface area contributed by atoms with Gasteiger partial charge in [0.15, 0.2) is 0 Å². The van der Waals surface area contributed by atoms with Crippen molar-refractivity contribution in [1.29, 1.82) is 0 Å². The fourth-order valence-electron chi connectivity index (χ4n) is 1.92. The molecule has 1 amide bonds. The van der Waals surface area contributed by atoms with Crippen molar-refractivity contribution in [2.24, 2.45) is 5.10 Å². The zero-order valence-corrected chi connectivity index (χ0v) is 13.0. The topological polar surface area (TPSA) is 62.7 Å². The number of benzene rings is 2. The Morgan fingerprint density at radius 1 is 1.22 bits per heavy atom. The van der Waals surface area contributed by atoms with Gasteiger partial charge in [0.05, 0.1) is 19.4 Å². The van der Waals surface area contributed by atoms with Crippen LogP contribution in [0, 0.1) is 5.82 Å². The second kappa shape index (κ2) is 7.93. The summed E-state index contributed by atoms with van der Waals surface area (Å²) in [5.41, 5.74) is 3.91. The molecule has 0 heterocycles. The Morgan fingerprint density at radius 2 is 2.00 bits per heavy atom. The summed E-state index contributed by atoms with van der Waals surface area (Å²) in [5, 5.41) is 6.87. The molecular formula is C17H18FN3O2. The van der Waals surface area contributed by atoms with E-state index in [4.69, 9.17) is 4.74 Å². The van der Waals surface area contributed by atoms with Crippen LogP contribution in [0.4, 0.5) is 10.1 Å². The van der Waals surface area contributed by atoms with Gasteiger partial charge in [-0.3, -0.25) is 4.79 Å². The van der Waals surface area contributed by atoms with E-state index in [-0.39, 0.29) is 18.3 Å². The average molecular weight is 315 g/mol. The Morgan fingerprint density at radius 3 is 2.74 bits per heavy atom. The summed E-state index contributed by atoms with van der Waals surface area (Å²) in [4.78, 5) is 11.8. The molecular weight excluding hydrogens is 297 g/mol. The number of halogens is 1. The van der Waals surface area contributed by atoms with Crippen LogP contribution in [0.3, 0.4) is 0 Å². The molecule has 2 aromatic rings. The van der Waals surface area contributed by atoms with E-state index in [1.165, 1.54) is 6.07 Å². The van der Waals surface area contributed by atoms with Gasteiger partial charge >= 0.3 is 0 Å². The van der Waals surface area contributed by atoms with Crippen LogP contribution in [0.1, 0.15) is 12.5 Å². The van der Waals surface area contributed by atoms with E-state index in [2.05, 4.69) is 15.8 Å². The maximum Gasteiger partial charge on any atom is 0.259 e. The Hall–Kier alpha value is -2.89. The van der Waals surface area contributed by atoms with Crippen molar-refractivity contribution in [3.05, 3.63) is 59.9 Å². The van der Waals surface area contributed by atoms with Crippen molar-refractivity contribution in [3.63, 3.8) is 0 Å². The fourth-order valence-corrected chi connectivity index (χ4v) is 1.92. The summed E-state index contributed by atoms with van der Waals surface area (Å²) in [7, 11) is 1.58. The van der Waals surface area contributed by atoms with Crippen molar-refractivity contribution >= 4 is 17.3 Å². The lowest BCUT2D eigenvalue weighted by atomic mass is 10.1. The predicted octanol–water partition coefficient (Wildman–Crippen LogP) is 2.79. The Labute approximate surface area is 134 Å². The minimum absolute atomic E-state index is 0.0429. The first kappa shape index (κ1) is 16.5. The Balaban J connectivity index is 1.89. The molecule has 5 nitrogen and oxygen atoms in total. The van der Waals surface area contributed by atoms with E-state index in [0.29, 0.717) is 17.0 Å². The molecule has 2 rings (SSSR count). The van der Waals surface area contributed by atoms with Gasteiger partial charge in [0, 0.05) is 17.3 Å². The lowest BCUT2D eigenvalue weighted by Gasteiger charge is -2.07. The highest BCUT2D eigenvalue weighted by atomic mass is 19.1. The Bertz CT molecular complexity index is 716. The first-order valence-corrected chi connectivity index (χ1v) is 7.06. The van der Waals surface area contributed by atoms with Crippen molar-refractivity contribution in [2.75, 3.05) is 19.0 Å². The Kier molecular flexibility index (Phi) is 5.68. The highest BCUT2D eigenvalue weighted by Crippen LogP contribution is 2.16. The molecule has 23 heavy (non-hydrogen) atoms. The van der Waals surface area contributed by atoms with Gasteiger partial charge in [-0.15, -0.1) is 0 Å². The molecule has 6 heteroatoms. The highest BCUT2D eigenvalue weighted by molar-refractivity contribution is 5.99. The van der Waals surface area contributed by atoms with Crippen molar-refractivity contribution in [1.82, 2.24) is 5.43 Å². The number of amides is 1. The predicted molar refractivity (Wildman–Crippen MR) is 88.2 cm³/mol. The number of methoxy groups -OCH3 is 1. The number of nitrogens with zero attached hydrogens (tertiary/aromatic N) is 1. The third kappa shape index (κ3) is 4.81. The second-order valence-electron chi connectivity index (χ2n) is 4.80. The minimum Gasteiger partial charge on any atom is -0.497 e. The molecule has 120 valence electrons. The lowest BCUT2D eigenvalue weighted by Crippen LogP contribution is -2.26. The van der Waals surface area contributed by atoms with Crippen LogP contribution in [0.2, 0.25) is 0 Å². The van der Waals surface area contributed by atoms with Gasteiger partial charge in [0.25, 0.3) is 5.91 Å². The molecule has 0 bridgehead atoms. The molecule has 0 aliphatic heterocycles. The molecule has 0 radical (unpaired) electrons. The quantitative estimate of drug-likeness (QED) is 0.636. The summed E-state index contributed by atoms with van der Waals surface area (Å²) in [6.07, 6.45) is 0. The second-order valence-corrected chi connectivity index (χ2v) is 4.80. The summed E-state index contributed by atoms with van der Waals surface area (Å²) >= 11 is 0. The van der Waals surface area contributed by atoms with E-state index in [9.17, 15) is 9.18 Å². The van der Waals surface area contributed by atoms with Crippen molar-refractivity contribution in [3.8, 4) is 5.75 Å². The van der Waals surface area contributed by atoms with Gasteiger partial charge in [-0.2, -0.15) is 5.10 Å². The van der Waals surface area contributed by atoms with Crippen LogP contribution in [-0.4, -0.2) is 25.3 Å². The molecule has 0 aliphatic carbocycles. The molecule has 0 atom stereocenters. The van der Waals surface area contributed by atoms with Crippen LogP contribution in [0.25, 0.3) is 0 Å². The number of hydrazone groups is 1. The molecule has 0 saturated carbocycles. The first-order chi connectivity index (χ1) is 11.1. The molecule has 2 N–H and O–H groups in total. The van der Waals surface area contributed by atoms with Gasteiger partial charge in [0.2, 0.25) is 0 Å². The first-order valence-electron chi connectivity index (χ1n) is 7.06. The van der Waals surface area contributed by atoms with Gasteiger partial charge in [0.1, 0.15) is 11.6 Å². The standard InChI is InChI=1S/C17H18FN3O2/c1-12(15-8-3-4-9-16(15)18)20-21-17(22)11-19-13-6-5-7-14(10-13)23-2/h3-10,19H,11H2,1-2H3,(H,21,22)/b20-12-. The normalized spacial score (nSPS) is 11.0. The molecule has 0 saturated heterocycles. The monoisotopic (exact) mass is 315 g/mol. The van der Waals surface area contributed by atoms with Crippen molar-refractivity contribution in [2.45, 2.75) is 6.92 Å². The summed E-state index contributed by atoms with van der Waals surface area (Å²) < 4.78 is 18.7. The van der Waals surface area contributed by atoms with E-state index in [1.54, 1.807) is 38.3 Å². The van der Waals surface area contributed by atoms with Gasteiger partial charge in [-0.1, -0.05) is 24.3 Å². The zero-order chi connectivity index (χ0) is 16.7. The largest absolute Gasteiger partial charge is 0.497 e. The number of rotatable bonds is 6. The number of anilines is 1. The van der Waals surface area contributed by atoms with Crippen LogP contribution < -0.4 is 15.5 Å². The summed E-state index contributed by atoms with van der Waals surface area (Å²) in [5.74, 6) is -0.00941. The smallest absolute Gasteiger partial charge is 0.259 e. The van der Waals surface area contributed by atoms with Gasteiger partial charge < -0.3 is 10.1 Å². The van der Waals surface area contributed by atoms with E-state index >= 15 is 0 Å². The molecule has 2 aromatic carbocycles. The number of carbonyl (C=O) groups excluding carboxylic acids is 1. The number of hydrogen-bond acceptors (Lipinski definition) is 4. The SMILES string of the molecule is COc1cccc(NCC(=O)N/N=C(/C)c2ccccc2F)c1. The average Bonchev–Trinajstić information content (AvgIpc) is 2.58. The third-order valence-electron chi connectivity index (χ3n) is 3.13. The van der Waals surface area contributed by atoms with Crippen LogP contribution >= 0.6 is 0 Å². The number of hydrogen-bond donors (Lipinski definition) is 2. The maximum absolute atomic E-state index is 13.6. The molecule has 0 aromatic heterocycles. The number of carbonyl (C=O) groups is 1. The minimum atomic E-state index is -0.377.